The van der Waals surface area contributed by atoms with Gasteiger partial charge in [-0.05, 0) is 29.5 Å². The van der Waals surface area contributed by atoms with E-state index in [4.69, 9.17) is 0 Å². The molecule has 21 heavy (non-hydrogen) atoms. The fourth-order valence-corrected chi connectivity index (χ4v) is 2.33. The topological polar surface area (TPSA) is 102 Å². The Kier molecular flexibility index (Phi) is 4.74. The quantitative estimate of drug-likeness (QED) is 0.519. The van der Waals surface area contributed by atoms with Gasteiger partial charge in [0.05, 0.1) is 0 Å². The number of nitrogens with one attached hydrogen (secondary N) is 2. The molecule has 2 rings (SSSR count). The number of phenols is 1. The predicted octanol–water partition coefficient (Wildman–Crippen LogP) is 1.31. The highest BCUT2D eigenvalue weighted by Gasteiger charge is 2.21. The number of aromatic hydroxyl groups is 1. The second-order valence-corrected chi connectivity index (χ2v) is 5.13. The third-order valence-corrected chi connectivity index (χ3v) is 3.37. The number of carboxylic acid groups (broad SMARTS) is 1. The summed E-state index contributed by atoms with van der Waals surface area (Å²) in [5.74, 6) is -0.981. The fraction of sp³-hybridized carbons (Fsp3) is 0.286. The van der Waals surface area contributed by atoms with E-state index >= 15 is 0 Å². The van der Waals surface area contributed by atoms with Gasteiger partial charge in [-0.3, -0.25) is 4.79 Å². The Morgan fingerprint density at radius 3 is 2.81 bits per heavy atom. The second-order valence-electron chi connectivity index (χ2n) is 4.68. The van der Waals surface area contributed by atoms with E-state index in [1.54, 1.807) is 24.4 Å². The predicted molar refractivity (Wildman–Crippen MR) is 81.7 cm³/mol. The first-order valence-corrected chi connectivity index (χ1v) is 7.06. The van der Waals surface area contributed by atoms with Gasteiger partial charge < -0.3 is 20.5 Å². The number of H-pyrrole nitrogens is 1. The number of fused-ring (bicyclic) bond motifs is 1. The first-order chi connectivity index (χ1) is 10.0. The maximum absolute atomic E-state index is 11.5. The van der Waals surface area contributed by atoms with Crippen LogP contribution in [0.2, 0.25) is 0 Å². The summed E-state index contributed by atoms with van der Waals surface area (Å²) in [4.78, 5) is 25.8. The van der Waals surface area contributed by atoms with Crippen molar-refractivity contribution < 1.29 is 19.8 Å². The molecule has 1 atom stereocenters. The van der Waals surface area contributed by atoms with Gasteiger partial charge in [0, 0.05) is 29.9 Å². The molecule has 1 amide bonds. The highest BCUT2D eigenvalue weighted by Crippen LogP contribution is 2.23. The molecule has 0 aliphatic rings. The third-order valence-electron chi connectivity index (χ3n) is 3.15. The zero-order valence-electron chi connectivity index (χ0n) is 11.2. The SMILES string of the molecule is O=C(CCS)N[C@@H](Cc1c[nH]c2ccc(O)cc12)C(=O)O. The molecule has 0 saturated heterocycles. The van der Waals surface area contributed by atoms with E-state index in [1.807, 2.05) is 0 Å². The van der Waals surface area contributed by atoms with Crippen molar-refractivity contribution in [2.24, 2.45) is 0 Å². The minimum Gasteiger partial charge on any atom is -0.508 e. The highest BCUT2D eigenvalue weighted by atomic mass is 32.1. The Labute approximate surface area is 126 Å². The van der Waals surface area contributed by atoms with E-state index in [2.05, 4.69) is 22.9 Å². The number of rotatable bonds is 6. The number of phenolic OH excluding ortho intramolecular Hbond substituents is 1. The maximum Gasteiger partial charge on any atom is 0.326 e. The van der Waals surface area contributed by atoms with Gasteiger partial charge in [0.15, 0.2) is 0 Å². The van der Waals surface area contributed by atoms with Crippen LogP contribution in [0.15, 0.2) is 24.4 Å². The molecule has 112 valence electrons. The summed E-state index contributed by atoms with van der Waals surface area (Å²) >= 11 is 3.94. The van der Waals surface area contributed by atoms with Gasteiger partial charge in [-0.2, -0.15) is 12.6 Å². The maximum atomic E-state index is 11.5. The lowest BCUT2D eigenvalue weighted by atomic mass is 10.0. The molecule has 0 bridgehead atoms. The number of carboxylic acids is 1. The van der Waals surface area contributed by atoms with Crippen LogP contribution in [0.3, 0.4) is 0 Å². The summed E-state index contributed by atoms with van der Waals surface area (Å²) in [7, 11) is 0. The molecule has 6 nitrogen and oxygen atoms in total. The molecule has 0 spiro atoms. The molecule has 0 fully saturated rings. The summed E-state index contributed by atoms with van der Waals surface area (Å²) in [5.41, 5.74) is 1.52. The summed E-state index contributed by atoms with van der Waals surface area (Å²) in [6.45, 7) is 0. The molecule has 0 radical (unpaired) electrons. The van der Waals surface area contributed by atoms with Crippen molar-refractivity contribution in [1.29, 1.82) is 0 Å². The van der Waals surface area contributed by atoms with Crippen LogP contribution in [-0.2, 0) is 16.0 Å². The summed E-state index contributed by atoms with van der Waals surface area (Å²) in [6, 6.07) is 3.81. The first kappa shape index (κ1) is 15.2. The minimum atomic E-state index is -1.10. The monoisotopic (exact) mass is 308 g/mol. The van der Waals surface area contributed by atoms with Crippen molar-refractivity contribution in [3.8, 4) is 5.75 Å². The molecule has 0 unspecified atom stereocenters. The molecule has 4 N–H and O–H groups in total. The Hall–Kier alpha value is -2.15. The van der Waals surface area contributed by atoms with Crippen molar-refractivity contribution in [3.05, 3.63) is 30.0 Å². The van der Waals surface area contributed by atoms with Crippen molar-refractivity contribution in [2.45, 2.75) is 18.9 Å². The average Bonchev–Trinajstić information content (AvgIpc) is 2.80. The average molecular weight is 308 g/mol. The zero-order valence-corrected chi connectivity index (χ0v) is 12.1. The number of carbonyl (C=O) groups excluding carboxylic acids is 1. The number of hydrogen-bond donors (Lipinski definition) is 5. The molecule has 1 aromatic carbocycles. The number of carbonyl (C=O) groups is 2. The van der Waals surface area contributed by atoms with Gasteiger partial charge in [-0.15, -0.1) is 0 Å². The summed E-state index contributed by atoms with van der Waals surface area (Å²) in [6.07, 6.45) is 1.99. The van der Waals surface area contributed by atoms with Crippen LogP contribution in [0, 0.1) is 0 Å². The number of benzene rings is 1. The van der Waals surface area contributed by atoms with Crippen molar-refractivity contribution >= 4 is 35.4 Å². The number of aromatic amines is 1. The Balaban J connectivity index is 2.20. The molecular formula is C14H16N2O4S. The first-order valence-electron chi connectivity index (χ1n) is 6.43. The van der Waals surface area contributed by atoms with E-state index in [0.29, 0.717) is 5.75 Å². The smallest absolute Gasteiger partial charge is 0.326 e. The Bertz CT molecular complexity index is 668. The highest BCUT2D eigenvalue weighted by molar-refractivity contribution is 7.80. The van der Waals surface area contributed by atoms with Crippen LogP contribution in [0.4, 0.5) is 0 Å². The van der Waals surface area contributed by atoms with Gasteiger partial charge >= 0.3 is 5.97 Å². The molecule has 1 heterocycles. The van der Waals surface area contributed by atoms with Crippen LogP contribution in [0.1, 0.15) is 12.0 Å². The van der Waals surface area contributed by atoms with E-state index in [-0.39, 0.29) is 24.5 Å². The van der Waals surface area contributed by atoms with Crippen LogP contribution >= 0.6 is 12.6 Å². The van der Waals surface area contributed by atoms with Gasteiger partial charge in [0.2, 0.25) is 5.91 Å². The fourth-order valence-electron chi connectivity index (χ4n) is 2.12. The summed E-state index contributed by atoms with van der Waals surface area (Å²) in [5, 5.41) is 22.0. The van der Waals surface area contributed by atoms with Crippen molar-refractivity contribution in [3.63, 3.8) is 0 Å². The number of aromatic nitrogens is 1. The van der Waals surface area contributed by atoms with Crippen molar-refractivity contribution in [2.75, 3.05) is 5.75 Å². The molecule has 1 aromatic heterocycles. The van der Waals surface area contributed by atoms with Gasteiger partial charge in [-0.25, -0.2) is 4.79 Å². The number of hydrogen-bond acceptors (Lipinski definition) is 4. The molecular weight excluding hydrogens is 292 g/mol. The number of thiol groups is 1. The molecule has 0 aliphatic carbocycles. The van der Waals surface area contributed by atoms with Gasteiger partial charge in [0.25, 0.3) is 0 Å². The van der Waals surface area contributed by atoms with Crippen LogP contribution in [0.5, 0.6) is 5.75 Å². The van der Waals surface area contributed by atoms with Crippen LogP contribution < -0.4 is 5.32 Å². The Morgan fingerprint density at radius 2 is 2.14 bits per heavy atom. The lowest BCUT2D eigenvalue weighted by molar-refractivity contribution is -0.141. The number of amides is 1. The van der Waals surface area contributed by atoms with Crippen molar-refractivity contribution in [1.82, 2.24) is 10.3 Å². The van der Waals surface area contributed by atoms with E-state index in [9.17, 15) is 19.8 Å². The molecule has 0 saturated carbocycles. The second kappa shape index (κ2) is 6.53. The third kappa shape index (κ3) is 3.69. The van der Waals surface area contributed by atoms with Gasteiger partial charge in [-0.1, -0.05) is 0 Å². The van der Waals surface area contributed by atoms with E-state index < -0.39 is 12.0 Å². The normalized spacial score (nSPS) is 12.2. The van der Waals surface area contributed by atoms with E-state index in [1.165, 1.54) is 0 Å². The summed E-state index contributed by atoms with van der Waals surface area (Å²) < 4.78 is 0. The van der Waals surface area contributed by atoms with Gasteiger partial charge in [0.1, 0.15) is 11.8 Å². The minimum absolute atomic E-state index is 0.106. The molecule has 7 heteroatoms. The number of aliphatic carboxylic acids is 1. The standard InChI is InChI=1S/C14H16N2O4S/c17-9-1-2-11-10(6-9)8(7-15-11)5-12(14(19)20)16-13(18)3-4-21/h1-2,6-7,12,15,17,21H,3-5H2,(H,16,18)(H,19,20)/t12-/m0/s1. The largest absolute Gasteiger partial charge is 0.508 e. The Morgan fingerprint density at radius 1 is 1.38 bits per heavy atom. The lowest BCUT2D eigenvalue weighted by Gasteiger charge is -2.13. The van der Waals surface area contributed by atoms with E-state index in [0.717, 1.165) is 16.5 Å². The lowest BCUT2D eigenvalue weighted by Crippen LogP contribution is -2.42. The van der Waals surface area contributed by atoms with Crippen LogP contribution in [0.25, 0.3) is 10.9 Å². The van der Waals surface area contributed by atoms with Crippen LogP contribution in [-0.4, -0.2) is 38.9 Å². The molecule has 2 aromatic rings. The molecule has 0 aliphatic heterocycles. The zero-order chi connectivity index (χ0) is 15.4.